The molecule has 2 unspecified atom stereocenters. The molecule has 98 heavy (non-hydrogen) atoms. The van der Waals surface area contributed by atoms with E-state index in [2.05, 4.69) is 41.5 Å². The molecule has 0 rings (SSSR count). The molecule has 0 saturated carbocycles. The third-order valence-electron chi connectivity index (χ3n) is 18.5. The Morgan fingerprint density at radius 1 is 0.276 bits per heavy atom. The molecule has 0 aliphatic rings. The standard InChI is InChI=1S/C79H154O17P2/c1-7-9-11-13-15-17-19-21-22-23-24-25-26-32-39-45-51-57-63-78(83)95-74(68-90-77(82)62-56-50-44-38-33-27-29-35-41-47-53-59-71(3)4)69-93-97(85,86)91-65-73(80)66-92-98(87,88)94-70-75(67-89-76(81)61-55-49-43-37-31-20-18-16-14-12-10-8-2)96-79(84)64-58-52-46-40-34-28-30-36-42-48-54-60-72(5)6/h71-75,80H,7-70H2,1-6H3,(H,85,86)(H,87,88)/t73-,74-,75-/m1/s1. The highest BCUT2D eigenvalue weighted by Gasteiger charge is 2.30. The minimum atomic E-state index is -4.96. The zero-order valence-electron chi connectivity index (χ0n) is 64.1. The Hall–Kier alpha value is -1.94. The number of phosphoric acid groups is 2. The van der Waals surface area contributed by atoms with E-state index in [1.165, 1.54) is 231 Å². The number of phosphoric ester groups is 2. The molecule has 0 heterocycles. The van der Waals surface area contributed by atoms with Crippen LogP contribution in [-0.4, -0.2) is 96.7 Å². The number of aliphatic hydroxyl groups is 1. The SMILES string of the molecule is CCCCCCCCCCCCCCCCCCCCC(=O)O[C@H](COC(=O)CCCCCCCCCCCCCC(C)C)COP(=O)(O)OC[C@@H](O)COP(=O)(O)OC[C@@H](COC(=O)CCCCCCCCCCCCCC)OC(=O)CCCCCCCCCCCCCC(C)C. The van der Waals surface area contributed by atoms with E-state index in [-0.39, 0.29) is 25.7 Å². The molecule has 5 atom stereocenters. The lowest BCUT2D eigenvalue weighted by Gasteiger charge is -2.21. The van der Waals surface area contributed by atoms with Crippen LogP contribution in [0.25, 0.3) is 0 Å². The third-order valence-corrected chi connectivity index (χ3v) is 20.4. The second-order valence-electron chi connectivity index (χ2n) is 29.4. The number of hydrogen-bond acceptors (Lipinski definition) is 15. The van der Waals surface area contributed by atoms with Crippen molar-refractivity contribution in [2.45, 2.75) is 432 Å². The van der Waals surface area contributed by atoms with Crippen molar-refractivity contribution in [3.8, 4) is 0 Å². The van der Waals surface area contributed by atoms with Gasteiger partial charge in [0.15, 0.2) is 12.2 Å². The number of hydrogen-bond donors (Lipinski definition) is 3. The van der Waals surface area contributed by atoms with Crippen LogP contribution in [0.3, 0.4) is 0 Å². The summed E-state index contributed by atoms with van der Waals surface area (Å²) in [5.41, 5.74) is 0. The summed E-state index contributed by atoms with van der Waals surface area (Å²) < 4.78 is 68.7. The summed E-state index contributed by atoms with van der Waals surface area (Å²) in [5.74, 6) is -0.573. The molecule has 0 amide bonds. The highest BCUT2D eigenvalue weighted by molar-refractivity contribution is 7.47. The fourth-order valence-electron chi connectivity index (χ4n) is 12.2. The molecule has 0 bridgehead atoms. The van der Waals surface area contributed by atoms with Gasteiger partial charge < -0.3 is 33.8 Å². The van der Waals surface area contributed by atoms with Crippen molar-refractivity contribution in [2.24, 2.45) is 11.8 Å². The summed E-state index contributed by atoms with van der Waals surface area (Å²) in [7, 11) is -9.92. The van der Waals surface area contributed by atoms with E-state index in [0.717, 1.165) is 102 Å². The first-order valence-electron chi connectivity index (χ1n) is 41.0. The third kappa shape index (κ3) is 72.4. The van der Waals surface area contributed by atoms with E-state index in [1.54, 1.807) is 0 Å². The minimum absolute atomic E-state index is 0.107. The number of carbonyl (C=O) groups excluding carboxylic acids is 4. The van der Waals surface area contributed by atoms with Crippen LogP contribution in [0.15, 0.2) is 0 Å². The van der Waals surface area contributed by atoms with Gasteiger partial charge in [-0.3, -0.25) is 37.3 Å². The first-order chi connectivity index (χ1) is 47.4. The Morgan fingerprint density at radius 3 is 0.694 bits per heavy atom. The molecule has 0 aromatic heterocycles. The lowest BCUT2D eigenvalue weighted by atomic mass is 10.0. The van der Waals surface area contributed by atoms with Crippen molar-refractivity contribution < 1.29 is 80.2 Å². The topological polar surface area (TPSA) is 237 Å². The summed E-state index contributed by atoms with van der Waals surface area (Å²) in [4.78, 5) is 73.0. The molecule has 0 aliphatic carbocycles. The molecule has 0 spiro atoms. The summed E-state index contributed by atoms with van der Waals surface area (Å²) in [6.07, 6.45) is 59.5. The Morgan fingerprint density at radius 2 is 0.469 bits per heavy atom. The van der Waals surface area contributed by atoms with E-state index < -0.39 is 97.5 Å². The zero-order chi connectivity index (χ0) is 72.1. The van der Waals surface area contributed by atoms with Gasteiger partial charge in [0.05, 0.1) is 26.4 Å². The van der Waals surface area contributed by atoms with Gasteiger partial charge in [0, 0.05) is 25.7 Å². The predicted molar refractivity (Wildman–Crippen MR) is 400 cm³/mol. The Balaban J connectivity index is 5.26. The van der Waals surface area contributed by atoms with Crippen LogP contribution in [0.5, 0.6) is 0 Å². The van der Waals surface area contributed by atoms with Crippen LogP contribution in [0, 0.1) is 11.8 Å². The fourth-order valence-corrected chi connectivity index (χ4v) is 13.8. The largest absolute Gasteiger partial charge is 0.472 e. The van der Waals surface area contributed by atoms with Crippen LogP contribution in [0.1, 0.15) is 414 Å². The number of ether oxygens (including phenoxy) is 4. The number of rotatable bonds is 78. The average Bonchev–Trinajstić information content (AvgIpc) is 1.07. The molecule has 0 aromatic carbocycles. The van der Waals surface area contributed by atoms with Crippen molar-refractivity contribution in [1.82, 2.24) is 0 Å². The zero-order valence-corrected chi connectivity index (χ0v) is 65.9. The van der Waals surface area contributed by atoms with Gasteiger partial charge >= 0.3 is 39.5 Å². The Labute approximate surface area is 600 Å². The van der Waals surface area contributed by atoms with E-state index in [0.29, 0.717) is 25.7 Å². The van der Waals surface area contributed by atoms with E-state index >= 15 is 0 Å². The molecule has 582 valence electrons. The first-order valence-corrected chi connectivity index (χ1v) is 44.0. The Kier molecular flexibility index (Phi) is 69.3. The van der Waals surface area contributed by atoms with Gasteiger partial charge in [-0.2, -0.15) is 0 Å². The highest BCUT2D eigenvalue weighted by atomic mass is 31.2. The van der Waals surface area contributed by atoms with Crippen molar-refractivity contribution in [3.05, 3.63) is 0 Å². The number of carbonyl (C=O) groups is 4. The molecule has 0 aliphatic heterocycles. The predicted octanol–water partition coefficient (Wildman–Crippen LogP) is 23.5. The van der Waals surface area contributed by atoms with Crippen molar-refractivity contribution >= 4 is 39.5 Å². The van der Waals surface area contributed by atoms with Crippen molar-refractivity contribution in [3.63, 3.8) is 0 Å². The van der Waals surface area contributed by atoms with Crippen LogP contribution in [0.4, 0.5) is 0 Å². The maximum Gasteiger partial charge on any atom is 0.472 e. The monoisotopic (exact) mass is 1440 g/mol. The van der Waals surface area contributed by atoms with Gasteiger partial charge in [0.2, 0.25) is 0 Å². The summed E-state index contributed by atoms with van der Waals surface area (Å²) in [5, 5.41) is 10.6. The second kappa shape index (κ2) is 70.7. The molecule has 19 heteroatoms. The molecule has 0 radical (unpaired) electrons. The Bertz CT molecular complexity index is 1890. The van der Waals surface area contributed by atoms with E-state index in [9.17, 15) is 43.2 Å². The molecule has 0 aromatic rings. The van der Waals surface area contributed by atoms with Crippen LogP contribution in [-0.2, 0) is 65.4 Å². The van der Waals surface area contributed by atoms with Gasteiger partial charge in [0.25, 0.3) is 0 Å². The quantitative estimate of drug-likeness (QED) is 0.0222. The van der Waals surface area contributed by atoms with Gasteiger partial charge in [-0.05, 0) is 37.5 Å². The molecule has 3 N–H and O–H groups in total. The van der Waals surface area contributed by atoms with Gasteiger partial charge in [-0.25, -0.2) is 9.13 Å². The molecule has 0 saturated heterocycles. The molecular weight excluding hydrogens is 1280 g/mol. The highest BCUT2D eigenvalue weighted by Crippen LogP contribution is 2.45. The summed E-state index contributed by atoms with van der Waals surface area (Å²) in [6, 6.07) is 0. The minimum Gasteiger partial charge on any atom is -0.462 e. The molecule has 0 fully saturated rings. The van der Waals surface area contributed by atoms with Gasteiger partial charge in [-0.15, -0.1) is 0 Å². The lowest BCUT2D eigenvalue weighted by molar-refractivity contribution is -0.161. The second-order valence-corrected chi connectivity index (χ2v) is 32.3. The first kappa shape index (κ1) is 96.1. The maximum atomic E-state index is 13.1. The van der Waals surface area contributed by atoms with Gasteiger partial charge in [0.1, 0.15) is 19.3 Å². The maximum absolute atomic E-state index is 13.1. The van der Waals surface area contributed by atoms with E-state index in [4.69, 9.17) is 37.0 Å². The van der Waals surface area contributed by atoms with Crippen LogP contribution < -0.4 is 0 Å². The van der Waals surface area contributed by atoms with Crippen LogP contribution >= 0.6 is 15.6 Å². The fraction of sp³-hybridized carbons (Fsp3) is 0.949. The summed E-state index contributed by atoms with van der Waals surface area (Å²) >= 11 is 0. The van der Waals surface area contributed by atoms with Gasteiger partial charge in [-0.1, -0.05) is 363 Å². The van der Waals surface area contributed by atoms with E-state index in [1.807, 2.05) is 0 Å². The van der Waals surface area contributed by atoms with Crippen molar-refractivity contribution in [1.29, 1.82) is 0 Å². The smallest absolute Gasteiger partial charge is 0.462 e. The average molecular weight is 1440 g/mol. The number of esters is 4. The molecule has 17 nitrogen and oxygen atoms in total. The van der Waals surface area contributed by atoms with Crippen molar-refractivity contribution in [2.75, 3.05) is 39.6 Å². The number of aliphatic hydroxyl groups excluding tert-OH is 1. The number of unbranched alkanes of at least 4 members (excludes halogenated alkanes) is 48. The van der Waals surface area contributed by atoms with Crippen LogP contribution in [0.2, 0.25) is 0 Å². The lowest BCUT2D eigenvalue weighted by Crippen LogP contribution is -2.30. The normalized spacial score (nSPS) is 13.9. The summed E-state index contributed by atoms with van der Waals surface area (Å²) in [6.45, 7) is 9.63. The molecular formula is C79H154O17P2.